The minimum absolute atomic E-state index is 0. The number of unbranched alkanes of at least 4 members (excludes halogenated alkanes) is 26. The normalized spacial score (nSPS) is 13.3. The second-order valence-electron chi connectivity index (χ2n) is 14.1. The van der Waals surface area contributed by atoms with E-state index in [1.807, 2.05) is 0 Å². The number of nitrogens with zero attached hydrogens (tertiary/aromatic N) is 1. The number of hydrogen-bond acceptors (Lipinski definition) is 3. The van der Waals surface area contributed by atoms with Crippen LogP contribution in [0.4, 0.5) is 0 Å². The number of nitrogens with one attached hydrogen (secondary N) is 2. The third-order valence-electron chi connectivity index (χ3n) is 9.80. The highest BCUT2D eigenvalue weighted by Gasteiger charge is 2.18. The summed E-state index contributed by atoms with van der Waals surface area (Å²) in [5.41, 5.74) is 0. The Labute approximate surface area is 288 Å². The van der Waals surface area contributed by atoms with Gasteiger partial charge < -0.3 is 10.6 Å². The van der Waals surface area contributed by atoms with Crippen LogP contribution in [0.25, 0.3) is 0 Å². The van der Waals surface area contributed by atoms with Crippen LogP contribution in [-0.4, -0.2) is 31.4 Å². The molecule has 0 spiro atoms. The fourth-order valence-electron chi connectivity index (χ4n) is 6.84. The van der Waals surface area contributed by atoms with E-state index in [1.54, 1.807) is 0 Å². The molecule has 0 aliphatic carbocycles. The van der Waals surface area contributed by atoms with Crippen LogP contribution in [0.15, 0.2) is 4.99 Å². The van der Waals surface area contributed by atoms with E-state index in [4.69, 9.17) is 4.99 Å². The SMILES string of the molecule is CCCCCCCCCCCCCCCCCC(=O)NCCCC(CCCCCCCCCCCCCCC)C1=NCCN1.Cl. The summed E-state index contributed by atoms with van der Waals surface area (Å²) in [6.07, 6.45) is 43.0. The molecule has 0 fully saturated rings. The summed E-state index contributed by atoms with van der Waals surface area (Å²) < 4.78 is 0. The standard InChI is InChI=1S/C40H79N3O.ClH/c1-3-5-7-9-11-13-15-17-18-20-22-24-26-28-30-34-39(44)41-35-31-33-38(40-42-36-37-43-40)32-29-27-25-23-21-19-16-14-12-10-8-6-4-2;/h38H,3-37H2,1-2H3,(H,41,44)(H,42,43);1H. The zero-order valence-electron chi connectivity index (χ0n) is 30.6. The van der Waals surface area contributed by atoms with Gasteiger partial charge in [0.2, 0.25) is 5.91 Å². The average molecular weight is 655 g/mol. The highest BCUT2D eigenvalue weighted by molar-refractivity contribution is 5.86. The summed E-state index contributed by atoms with van der Waals surface area (Å²) in [5.74, 6) is 2.05. The molecule has 2 N–H and O–H groups in total. The smallest absolute Gasteiger partial charge is 0.219 e. The molecule has 1 atom stereocenters. The first-order chi connectivity index (χ1) is 21.8. The first-order valence-corrected chi connectivity index (χ1v) is 20.3. The molecule has 1 heterocycles. The van der Waals surface area contributed by atoms with Gasteiger partial charge >= 0.3 is 0 Å². The van der Waals surface area contributed by atoms with Crippen molar-refractivity contribution in [2.75, 3.05) is 19.6 Å². The lowest BCUT2D eigenvalue weighted by atomic mass is 9.94. The van der Waals surface area contributed by atoms with Crippen molar-refractivity contribution < 1.29 is 4.79 Å². The Balaban J connectivity index is 0.0000194. The first kappa shape index (κ1) is 44.2. The number of aliphatic imine (C=N–C) groups is 1. The van der Waals surface area contributed by atoms with Crippen LogP contribution >= 0.6 is 12.4 Å². The lowest BCUT2D eigenvalue weighted by molar-refractivity contribution is -0.121. The second kappa shape index (κ2) is 36.1. The van der Waals surface area contributed by atoms with Crippen molar-refractivity contribution in [1.82, 2.24) is 10.6 Å². The zero-order valence-corrected chi connectivity index (χ0v) is 31.4. The van der Waals surface area contributed by atoms with Crippen molar-refractivity contribution in [3.8, 4) is 0 Å². The Morgan fingerprint density at radius 1 is 0.578 bits per heavy atom. The fraction of sp³-hybridized carbons (Fsp3) is 0.950. The maximum Gasteiger partial charge on any atom is 0.219 e. The van der Waals surface area contributed by atoms with Gasteiger partial charge in [-0.25, -0.2) is 0 Å². The van der Waals surface area contributed by atoms with Crippen LogP contribution in [0.3, 0.4) is 0 Å². The fourth-order valence-corrected chi connectivity index (χ4v) is 6.84. The molecule has 4 nitrogen and oxygen atoms in total. The van der Waals surface area contributed by atoms with Gasteiger partial charge in [-0.2, -0.15) is 0 Å². The molecule has 0 aromatic heterocycles. The van der Waals surface area contributed by atoms with Gasteiger partial charge in [0.05, 0.1) is 12.4 Å². The van der Waals surface area contributed by atoms with Gasteiger partial charge in [-0.3, -0.25) is 9.79 Å². The molecular weight excluding hydrogens is 574 g/mol. The summed E-state index contributed by atoms with van der Waals surface area (Å²) >= 11 is 0. The third-order valence-corrected chi connectivity index (χ3v) is 9.80. The number of amidine groups is 1. The number of carbonyl (C=O) groups is 1. The number of amides is 1. The van der Waals surface area contributed by atoms with Gasteiger partial charge in [0.25, 0.3) is 0 Å². The number of carbonyl (C=O) groups excluding carboxylic acids is 1. The summed E-state index contributed by atoms with van der Waals surface area (Å²) in [6.45, 7) is 7.34. The molecule has 1 rings (SSSR count). The molecule has 268 valence electrons. The van der Waals surface area contributed by atoms with Crippen LogP contribution in [-0.2, 0) is 4.79 Å². The Hall–Kier alpha value is -0.770. The van der Waals surface area contributed by atoms with Crippen molar-refractivity contribution in [3.63, 3.8) is 0 Å². The van der Waals surface area contributed by atoms with E-state index in [0.29, 0.717) is 12.3 Å². The monoisotopic (exact) mass is 654 g/mol. The molecule has 0 bridgehead atoms. The highest BCUT2D eigenvalue weighted by atomic mass is 35.5. The summed E-state index contributed by atoms with van der Waals surface area (Å²) in [5, 5.41) is 6.73. The van der Waals surface area contributed by atoms with E-state index >= 15 is 0 Å². The molecular formula is C40H80ClN3O. The molecule has 0 saturated heterocycles. The number of hydrogen-bond donors (Lipinski definition) is 2. The van der Waals surface area contributed by atoms with Gasteiger partial charge in [-0.1, -0.05) is 187 Å². The van der Waals surface area contributed by atoms with E-state index < -0.39 is 0 Å². The van der Waals surface area contributed by atoms with Crippen LogP contribution < -0.4 is 10.6 Å². The topological polar surface area (TPSA) is 53.5 Å². The molecule has 1 unspecified atom stereocenters. The molecule has 1 aliphatic rings. The number of halogens is 1. The second-order valence-corrected chi connectivity index (χ2v) is 14.1. The first-order valence-electron chi connectivity index (χ1n) is 20.3. The summed E-state index contributed by atoms with van der Waals surface area (Å²) in [6, 6.07) is 0. The predicted molar refractivity (Wildman–Crippen MR) is 203 cm³/mol. The minimum Gasteiger partial charge on any atom is -0.372 e. The highest BCUT2D eigenvalue weighted by Crippen LogP contribution is 2.20. The van der Waals surface area contributed by atoms with Crippen LogP contribution in [0.5, 0.6) is 0 Å². The van der Waals surface area contributed by atoms with Gasteiger partial charge in [0.1, 0.15) is 0 Å². The van der Waals surface area contributed by atoms with Crippen LogP contribution in [0, 0.1) is 5.92 Å². The molecule has 1 aliphatic heterocycles. The van der Waals surface area contributed by atoms with Crippen molar-refractivity contribution in [3.05, 3.63) is 0 Å². The molecule has 0 aromatic rings. The maximum absolute atomic E-state index is 12.3. The van der Waals surface area contributed by atoms with Crippen molar-refractivity contribution >= 4 is 24.1 Å². The Morgan fingerprint density at radius 3 is 1.36 bits per heavy atom. The third kappa shape index (κ3) is 30.3. The van der Waals surface area contributed by atoms with Crippen LogP contribution in [0.2, 0.25) is 0 Å². The quantitative estimate of drug-likeness (QED) is 0.0669. The Morgan fingerprint density at radius 2 is 0.956 bits per heavy atom. The van der Waals surface area contributed by atoms with E-state index in [9.17, 15) is 4.79 Å². The largest absolute Gasteiger partial charge is 0.372 e. The van der Waals surface area contributed by atoms with E-state index in [1.165, 1.54) is 186 Å². The van der Waals surface area contributed by atoms with Gasteiger partial charge in [0, 0.05) is 25.4 Å². The van der Waals surface area contributed by atoms with Gasteiger partial charge in [-0.05, 0) is 25.7 Å². The lowest BCUT2D eigenvalue weighted by Crippen LogP contribution is -2.29. The maximum atomic E-state index is 12.3. The van der Waals surface area contributed by atoms with Gasteiger partial charge in [0.15, 0.2) is 0 Å². The van der Waals surface area contributed by atoms with Crippen molar-refractivity contribution in [1.29, 1.82) is 0 Å². The Kier molecular flexibility index (Phi) is 35.5. The lowest BCUT2D eigenvalue weighted by Gasteiger charge is -2.18. The zero-order chi connectivity index (χ0) is 31.6. The molecule has 0 aromatic carbocycles. The van der Waals surface area contributed by atoms with Gasteiger partial charge in [-0.15, -0.1) is 12.4 Å². The van der Waals surface area contributed by atoms with Crippen molar-refractivity contribution in [2.45, 2.75) is 219 Å². The van der Waals surface area contributed by atoms with Crippen molar-refractivity contribution in [2.24, 2.45) is 10.9 Å². The van der Waals surface area contributed by atoms with Crippen LogP contribution in [0.1, 0.15) is 219 Å². The molecule has 45 heavy (non-hydrogen) atoms. The Bertz CT molecular complexity index is 641. The average Bonchev–Trinajstić information content (AvgIpc) is 3.57. The molecule has 0 saturated carbocycles. The molecule has 0 radical (unpaired) electrons. The van der Waals surface area contributed by atoms with E-state index in [0.717, 1.165) is 38.9 Å². The predicted octanol–water partition coefficient (Wildman–Crippen LogP) is 12.7. The van der Waals surface area contributed by atoms with E-state index in [2.05, 4.69) is 24.5 Å². The summed E-state index contributed by atoms with van der Waals surface area (Å²) in [7, 11) is 0. The molecule has 1 amide bonds. The minimum atomic E-state index is 0. The van der Waals surface area contributed by atoms with E-state index in [-0.39, 0.29) is 18.3 Å². The molecule has 5 heteroatoms. The number of rotatable bonds is 35. The summed E-state index contributed by atoms with van der Waals surface area (Å²) in [4.78, 5) is 17.1.